The van der Waals surface area contributed by atoms with Crippen LogP contribution in [0.25, 0.3) is 11.6 Å². The minimum Gasteiger partial charge on any atom is -0.401 e. The predicted molar refractivity (Wildman–Crippen MR) is 69.4 cm³/mol. The summed E-state index contributed by atoms with van der Waals surface area (Å²) in [5.41, 5.74) is 0.729. The van der Waals surface area contributed by atoms with Crippen LogP contribution < -0.4 is 5.32 Å². The van der Waals surface area contributed by atoms with E-state index in [-0.39, 0.29) is 23.9 Å². The molecule has 19 heavy (non-hydrogen) atoms. The topological polar surface area (TPSA) is 85.8 Å². The van der Waals surface area contributed by atoms with E-state index in [9.17, 15) is 4.79 Å². The average Bonchev–Trinajstić information content (AvgIpc) is 2.95. The molecule has 1 N–H and O–H groups in total. The molecule has 0 unspecified atom stereocenters. The molecule has 0 atom stereocenters. The summed E-state index contributed by atoms with van der Waals surface area (Å²) in [4.78, 5) is 11.5. The van der Waals surface area contributed by atoms with Crippen molar-refractivity contribution in [2.45, 2.75) is 33.7 Å². The molecule has 0 aliphatic carbocycles. The van der Waals surface area contributed by atoms with E-state index < -0.39 is 0 Å². The van der Waals surface area contributed by atoms with Crippen LogP contribution in [0.5, 0.6) is 0 Å². The van der Waals surface area contributed by atoms with E-state index in [1.54, 1.807) is 30.8 Å². The van der Waals surface area contributed by atoms with Crippen molar-refractivity contribution >= 4 is 11.9 Å². The monoisotopic (exact) mass is 263 g/mol. The zero-order valence-electron chi connectivity index (χ0n) is 11.4. The molecule has 0 saturated carbocycles. The summed E-state index contributed by atoms with van der Waals surface area (Å²) in [5.74, 6) is 0.0364. The lowest BCUT2D eigenvalue weighted by Gasteiger charge is -2.07. The quantitative estimate of drug-likeness (QED) is 0.913. The Bertz CT molecular complexity index is 570. The number of rotatable bonds is 4. The van der Waals surface area contributed by atoms with Crippen molar-refractivity contribution in [3.63, 3.8) is 0 Å². The highest BCUT2D eigenvalue weighted by atomic mass is 16.4. The standard InChI is InChI=1S/C12H17N5O2/c1-7(2)10(18)14-12-16-15-11(19-12)9-5-6-13-17(9)8(3)4/h5-8H,1-4H3,(H,14,16,18). The molecule has 0 aliphatic rings. The zero-order chi connectivity index (χ0) is 14.0. The Labute approximate surface area is 111 Å². The van der Waals surface area contributed by atoms with Gasteiger partial charge in [-0.1, -0.05) is 18.9 Å². The largest absolute Gasteiger partial charge is 0.401 e. The third-order valence-corrected chi connectivity index (χ3v) is 2.56. The Kier molecular flexibility index (Phi) is 3.64. The molecule has 2 aromatic rings. The van der Waals surface area contributed by atoms with E-state index >= 15 is 0 Å². The van der Waals surface area contributed by atoms with Gasteiger partial charge in [0.25, 0.3) is 5.89 Å². The zero-order valence-corrected chi connectivity index (χ0v) is 11.4. The van der Waals surface area contributed by atoms with E-state index in [2.05, 4.69) is 20.6 Å². The second kappa shape index (κ2) is 5.21. The van der Waals surface area contributed by atoms with Gasteiger partial charge in [-0.2, -0.15) is 5.10 Å². The van der Waals surface area contributed by atoms with Crippen molar-refractivity contribution in [1.82, 2.24) is 20.0 Å². The van der Waals surface area contributed by atoms with Crippen molar-refractivity contribution in [2.75, 3.05) is 5.32 Å². The number of hydrogen-bond donors (Lipinski definition) is 1. The first kappa shape index (κ1) is 13.3. The lowest BCUT2D eigenvalue weighted by molar-refractivity contribution is -0.119. The van der Waals surface area contributed by atoms with Gasteiger partial charge in [0.15, 0.2) is 0 Å². The van der Waals surface area contributed by atoms with Gasteiger partial charge in [0.2, 0.25) is 5.91 Å². The van der Waals surface area contributed by atoms with Crippen molar-refractivity contribution < 1.29 is 9.21 Å². The summed E-state index contributed by atoms with van der Waals surface area (Å²) in [5, 5.41) is 14.5. The summed E-state index contributed by atoms with van der Waals surface area (Å²) < 4.78 is 7.20. The van der Waals surface area contributed by atoms with Gasteiger partial charge in [0.1, 0.15) is 5.69 Å². The maximum absolute atomic E-state index is 11.5. The SMILES string of the molecule is CC(C)C(=O)Nc1nnc(-c2ccnn2C(C)C)o1. The first-order valence-electron chi connectivity index (χ1n) is 6.17. The van der Waals surface area contributed by atoms with E-state index in [0.717, 1.165) is 5.69 Å². The van der Waals surface area contributed by atoms with Crippen LogP contribution in [0, 0.1) is 5.92 Å². The molecule has 2 heterocycles. The molecule has 0 bridgehead atoms. The van der Waals surface area contributed by atoms with Crippen LogP contribution in [0.1, 0.15) is 33.7 Å². The van der Waals surface area contributed by atoms with Crippen LogP contribution in [-0.4, -0.2) is 25.9 Å². The van der Waals surface area contributed by atoms with Crippen LogP contribution in [0.2, 0.25) is 0 Å². The summed E-state index contributed by atoms with van der Waals surface area (Å²) in [7, 11) is 0. The van der Waals surface area contributed by atoms with E-state index in [1.807, 2.05) is 13.8 Å². The van der Waals surface area contributed by atoms with Gasteiger partial charge in [-0.3, -0.25) is 14.8 Å². The number of hydrogen-bond acceptors (Lipinski definition) is 5. The Morgan fingerprint density at radius 3 is 2.68 bits per heavy atom. The molecule has 1 amide bonds. The Hall–Kier alpha value is -2.18. The first-order chi connectivity index (χ1) is 8.99. The molecular weight excluding hydrogens is 246 g/mol. The van der Waals surface area contributed by atoms with Gasteiger partial charge in [-0.05, 0) is 19.9 Å². The molecule has 102 valence electrons. The van der Waals surface area contributed by atoms with Crippen molar-refractivity contribution in [1.29, 1.82) is 0 Å². The minimum atomic E-state index is -0.160. The summed E-state index contributed by atoms with van der Waals surface area (Å²) in [6, 6.07) is 2.08. The van der Waals surface area contributed by atoms with Crippen LogP contribution in [-0.2, 0) is 4.79 Å². The fourth-order valence-corrected chi connectivity index (χ4v) is 1.52. The number of anilines is 1. The van der Waals surface area contributed by atoms with Crippen molar-refractivity contribution in [3.05, 3.63) is 12.3 Å². The van der Waals surface area contributed by atoms with Crippen LogP contribution in [0.3, 0.4) is 0 Å². The van der Waals surface area contributed by atoms with Gasteiger partial charge in [0, 0.05) is 18.2 Å². The molecule has 0 aliphatic heterocycles. The molecule has 2 rings (SSSR count). The number of carbonyl (C=O) groups is 1. The average molecular weight is 263 g/mol. The second-order valence-electron chi connectivity index (χ2n) is 4.81. The molecule has 0 saturated heterocycles. The van der Waals surface area contributed by atoms with Gasteiger partial charge in [0.05, 0.1) is 0 Å². The maximum atomic E-state index is 11.5. The van der Waals surface area contributed by atoms with Crippen molar-refractivity contribution in [3.8, 4) is 11.6 Å². The molecule has 0 radical (unpaired) electrons. The highest BCUT2D eigenvalue weighted by molar-refractivity contribution is 5.90. The lowest BCUT2D eigenvalue weighted by atomic mass is 10.2. The lowest BCUT2D eigenvalue weighted by Crippen LogP contribution is -2.17. The third-order valence-electron chi connectivity index (χ3n) is 2.56. The van der Waals surface area contributed by atoms with Crippen LogP contribution >= 0.6 is 0 Å². The van der Waals surface area contributed by atoms with Crippen LogP contribution in [0.4, 0.5) is 6.01 Å². The molecule has 0 spiro atoms. The first-order valence-corrected chi connectivity index (χ1v) is 6.17. The number of nitrogens with zero attached hydrogens (tertiary/aromatic N) is 4. The second-order valence-corrected chi connectivity index (χ2v) is 4.81. The van der Waals surface area contributed by atoms with Gasteiger partial charge < -0.3 is 4.42 Å². The molecule has 2 aromatic heterocycles. The molecule has 7 nitrogen and oxygen atoms in total. The highest BCUT2D eigenvalue weighted by Gasteiger charge is 2.17. The third kappa shape index (κ3) is 2.81. The minimum absolute atomic E-state index is 0.102. The van der Waals surface area contributed by atoms with Crippen LogP contribution in [0.15, 0.2) is 16.7 Å². The van der Waals surface area contributed by atoms with E-state index in [0.29, 0.717) is 5.89 Å². The van der Waals surface area contributed by atoms with E-state index in [4.69, 9.17) is 4.42 Å². The fourth-order valence-electron chi connectivity index (χ4n) is 1.52. The Morgan fingerprint density at radius 2 is 2.05 bits per heavy atom. The maximum Gasteiger partial charge on any atom is 0.322 e. The van der Waals surface area contributed by atoms with E-state index in [1.165, 1.54) is 0 Å². The normalized spacial score (nSPS) is 11.3. The Balaban J connectivity index is 2.21. The molecule has 0 aromatic carbocycles. The highest BCUT2D eigenvalue weighted by Crippen LogP contribution is 2.22. The van der Waals surface area contributed by atoms with Gasteiger partial charge in [-0.25, -0.2) is 0 Å². The smallest absolute Gasteiger partial charge is 0.322 e. The summed E-state index contributed by atoms with van der Waals surface area (Å²) in [6.45, 7) is 7.60. The van der Waals surface area contributed by atoms with Crippen molar-refractivity contribution in [2.24, 2.45) is 5.92 Å². The van der Waals surface area contributed by atoms with Gasteiger partial charge >= 0.3 is 6.01 Å². The number of nitrogens with one attached hydrogen (secondary N) is 1. The Morgan fingerprint density at radius 1 is 1.32 bits per heavy atom. The number of amides is 1. The summed E-state index contributed by atoms with van der Waals surface area (Å²) >= 11 is 0. The number of carbonyl (C=O) groups excluding carboxylic acids is 1. The molecule has 0 fully saturated rings. The molecule has 7 heteroatoms. The fraction of sp³-hybridized carbons (Fsp3) is 0.500. The van der Waals surface area contributed by atoms with Gasteiger partial charge in [-0.15, -0.1) is 5.10 Å². The molecular formula is C12H17N5O2. The predicted octanol–water partition coefficient (Wildman–Crippen LogP) is 2.11. The summed E-state index contributed by atoms with van der Waals surface area (Å²) in [6.07, 6.45) is 1.67. The number of aromatic nitrogens is 4.